The first-order chi connectivity index (χ1) is 6.13. The molecule has 0 saturated heterocycles. The molecule has 2 nitrogen and oxygen atoms in total. The Labute approximate surface area is 83.2 Å². The predicted octanol–water partition coefficient (Wildman–Crippen LogP) is 3.29. The van der Waals surface area contributed by atoms with Gasteiger partial charge in [-0.15, -0.1) is 0 Å². The maximum Gasteiger partial charge on any atom is 0.119 e. The number of rotatable bonds is 2. The Morgan fingerprint density at radius 3 is 2.62 bits per heavy atom. The van der Waals surface area contributed by atoms with Crippen LogP contribution in [0.1, 0.15) is 12.5 Å². The molecule has 0 aromatic heterocycles. The first kappa shape index (κ1) is 10.1. The zero-order chi connectivity index (χ0) is 9.84. The van der Waals surface area contributed by atoms with E-state index in [1.54, 1.807) is 14.0 Å². The van der Waals surface area contributed by atoms with Crippen molar-refractivity contribution in [1.29, 1.82) is 0 Å². The van der Waals surface area contributed by atoms with Gasteiger partial charge in [0.1, 0.15) is 10.9 Å². The number of nitrogens with zero attached hydrogens (tertiary/aromatic N) is 1. The molecule has 1 aromatic carbocycles. The van der Waals surface area contributed by atoms with Gasteiger partial charge in [0.2, 0.25) is 0 Å². The third kappa shape index (κ3) is 2.74. The summed E-state index contributed by atoms with van der Waals surface area (Å²) in [4.78, 5) is 4.16. The van der Waals surface area contributed by atoms with E-state index in [-0.39, 0.29) is 0 Å². The summed E-state index contributed by atoms with van der Waals surface area (Å²) < 4.78 is 5.07. The highest BCUT2D eigenvalue weighted by Gasteiger charge is 1.98. The van der Waals surface area contributed by atoms with Crippen LogP contribution in [-0.2, 0) is 0 Å². The van der Waals surface area contributed by atoms with E-state index in [1.807, 2.05) is 25.1 Å². The van der Waals surface area contributed by atoms with Crippen LogP contribution in [0.15, 0.2) is 23.2 Å². The van der Waals surface area contributed by atoms with Crippen molar-refractivity contribution in [1.82, 2.24) is 0 Å². The Bertz CT molecular complexity index is 330. The van der Waals surface area contributed by atoms with Crippen molar-refractivity contribution in [2.45, 2.75) is 13.8 Å². The average Bonchev–Trinajstić information content (AvgIpc) is 2.08. The first-order valence-electron chi connectivity index (χ1n) is 3.99. The molecule has 0 aliphatic carbocycles. The third-order valence-electron chi connectivity index (χ3n) is 1.68. The predicted molar refractivity (Wildman–Crippen MR) is 56.4 cm³/mol. The minimum Gasteiger partial charge on any atom is -0.497 e. The SMILES string of the molecule is COc1ccc(N=C(C)Cl)c(C)c1. The molecule has 0 fully saturated rings. The van der Waals surface area contributed by atoms with E-state index < -0.39 is 0 Å². The molecule has 0 saturated carbocycles. The van der Waals surface area contributed by atoms with Crippen LogP contribution >= 0.6 is 11.6 Å². The molecule has 3 heteroatoms. The van der Waals surface area contributed by atoms with E-state index in [4.69, 9.17) is 16.3 Å². The normalized spacial score (nSPS) is 11.5. The molecule has 1 aromatic rings. The van der Waals surface area contributed by atoms with Crippen LogP contribution in [0.2, 0.25) is 0 Å². The number of benzene rings is 1. The Kier molecular flexibility index (Phi) is 3.32. The number of methoxy groups -OCH3 is 1. The molecule has 0 aliphatic rings. The summed E-state index contributed by atoms with van der Waals surface area (Å²) in [5.41, 5.74) is 1.94. The smallest absolute Gasteiger partial charge is 0.119 e. The minimum atomic E-state index is 0.535. The number of aliphatic imine (C=N–C) groups is 1. The summed E-state index contributed by atoms with van der Waals surface area (Å²) in [7, 11) is 1.64. The van der Waals surface area contributed by atoms with Crippen molar-refractivity contribution < 1.29 is 4.74 Å². The van der Waals surface area contributed by atoms with Gasteiger partial charge in [-0.1, -0.05) is 11.6 Å². The molecule has 0 amide bonds. The van der Waals surface area contributed by atoms with Gasteiger partial charge in [-0.3, -0.25) is 0 Å². The van der Waals surface area contributed by atoms with Gasteiger partial charge in [-0.05, 0) is 37.6 Å². The highest BCUT2D eigenvalue weighted by atomic mass is 35.5. The van der Waals surface area contributed by atoms with Gasteiger partial charge in [0.05, 0.1) is 12.8 Å². The lowest BCUT2D eigenvalue weighted by molar-refractivity contribution is 0.414. The molecule has 1 rings (SSSR count). The first-order valence-corrected chi connectivity index (χ1v) is 4.36. The summed E-state index contributed by atoms with van der Waals surface area (Å²) >= 11 is 5.68. The van der Waals surface area contributed by atoms with Crippen molar-refractivity contribution in [2.24, 2.45) is 4.99 Å². The quantitative estimate of drug-likeness (QED) is 0.667. The van der Waals surface area contributed by atoms with Crippen molar-refractivity contribution in [2.75, 3.05) is 7.11 Å². The highest BCUT2D eigenvalue weighted by molar-refractivity contribution is 6.65. The number of hydrogen-bond acceptors (Lipinski definition) is 2. The fourth-order valence-electron chi connectivity index (χ4n) is 1.05. The third-order valence-corrected chi connectivity index (χ3v) is 1.76. The summed E-state index contributed by atoms with van der Waals surface area (Å²) in [5.74, 6) is 0.837. The average molecular weight is 198 g/mol. The van der Waals surface area contributed by atoms with Gasteiger partial charge in [0.15, 0.2) is 0 Å². The molecule has 0 N–H and O–H groups in total. The lowest BCUT2D eigenvalue weighted by atomic mass is 10.2. The molecule has 0 radical (unpaired) electrons. The standard InChI is InChI=1S/C10H12ClNO/c1-7-6-9(13-3)4-5-10(7)12-8(2)11/h4-6H,1-3H3. The highest BCUT2D eigenvalue weighted by Crippen LogP contribution is 2.23. The van der Waals surface area contributed by atoms with Gasteiger partial charge in [-0.25, -0.2) is 4.99 Å². The summed E-state index contributed by atoms with van der Waals surface area (Å²) in [6.07, 6.45) is 0. The minimum absolute atomic E-state index is 0.535. The van der Waals surface area contributed by atoms with Crippen molar-refractivity contribution in [3.63, 3.8) is 0 Å². The second-order valence-corrected chi connectivity index (χ2v) is 3.31. The van der Waals surface area contributed by atoms with Crippen LogP contribution in [0.25, 0.3) is 0 Å². The summed E-state index contributed by atoms with van der Waals surface area (Å²) in [6.45, 7) is 3.73. The van der Waals surface area contributed by atoms with Gasteiger partial charge in [0, 0.05) is 0 Å². The molecule has 0 heterocycles. The summed E-state index contributed by atoms with van der Waals surface area (Å²) in [5, 5.41) is 0.535. The van der Waals surface area contributed by atoms with E-state index in [0.717, 1.165) is 17.0 Å². The second kappa shape index (κ2) is 4.28. The summed E-state index contributed by atoms with van der Waals surface area (Å²) in [6, 6.07) is 5.68. The number of aryl methyl sites for hydroxylation is 1. The van der Waals surface area contributed by atoms with Gasteiger partial charge >= 0.3 is 0 Å². The van der Waals surface area contributed by atoms with Crippen molar-refractivity contribution in [3.8, 4) is 5.75 Å². The van der Waals surface area contributed by atoms with Gasteiger partial charge < -0.3 is 4.74 Å². The molecular weight excluding hydrogens is 186 g/mol. The van der Waals surface area contributed by atoms with Crippen LogP contribution < -0.4 is 4.74 Å². The molecule has 0 atom stereocenters. The maximum absolute atomic E-state index is 5.68. The van der Waals surface area contributed by atoms with Gasteiger partial charge in [-0.2, -0.15) is 0 Å². The van der Waals surface area contributed by atoms with E-state index in [9.17, 15) is 0 Å². The molecular formula is C10H12ClNO. The zero-order valence-corrected chi connectivity index (χ0v) is 8.72. The number of halogens is 1. The Morgan fingerprint density at radius 1 is 1.46 bits per heavy atom. The van der Waals surface area contributed by atoms with Crippen molar-refractivity contribution >= 4 is 22.5 Å². The van der Waals surface area contributed by atoms with E-state index >= 15 is 0 Å². The lowest BCUT2D eigenvalue weighted by Crippen LogP contribution is -1.84. The van der Waals surface area contributed by atoms with E-state index in [2.05, 4.69) is 4.99 Å². The number of hydrogen-bond donors (Lipinski definition) is 0. The maximum atomic E-state index is 5.68. The van der Waals surface area contributed by atoms with E-state index in [1.165, 1.54) is 0 Å². The fourth-order valence-corrected chi connectivity index (χ4v) is 1.14. The zero-order valence-electron chi connectivity index (χ0n) is 7.97. The topological polar surface area (TPSA) is 21.6 Å². The molecule has 0 aliphatic heterocycles. The lowest BCUT2D eigenvalue weighted by Gasteiger charge is -2.03. The molecule has 0 spiro atoms. The molecule has 70 valence electrons. The molecule has 0 unspecified atom stereocenters. The Hall–Kier alpha value is -1.02. The Morgan fingerprint density at radius 2 is 2.15 bits per heavy atom. The van der Waals surface area contributed by atoms with Crippen LogP contribution in [0.5, 0.6) is 5.75 Å². The Balaban J connectivity index is 3.05. The van der Waals surface area contributed by atoms with Crippen LogP contribution in [0.4, 0.5) is 5.69 Å². The van der Waals surface area contributed by atoms with Crippen LogP contribution in [0.3, 0.4) is 0 Å². The van der Waals surface area contributed by atoms with Crippen LogP contribution in [0, 0.1) is 6.92 Å². The molecule has 13 heavy (non-hydrogen) atoms. The molecule has 0 bridgehead atoms. The van der Waals surface area contributed by atoms with Crippen LogP contribution in [-0.4, -0.2) is 12.3 Å². The number of ether oxygens (including phenoxy) is 1. The monoisotopic (exact) mass is 197 g/mol. The second-order valence-electron chi connectivity index (χ2n) is 2.76. The van der Waals surface area contributed by atoms with E-state index in [0.29, 0.717) is 5.17 Å². The largest absolute Gasteiger partial charge is 0.497 e. The van der Waals surface area contributed by atoms with Gasteiger partial charge in [0.25, 0.3) is 0 Å². The fraction of sp³-hybridized carbons (Fsp3) is 0.300. The van der Waals surface area contributed by atoms with Crippen molar-refractivity contribution in [3.05, 3.63) is 23.8 Å².